The van der Waals surface area contributed by atoms with Gasteiger partial charge in [0.1, 0.15) is 17.1 Å². The lowest BCUT2D eigenvalue weighted by Gasteiger charge is -2.13. The summed E-state index contributed by atoms with van der Waals surface area (Å²) >= 11 is 0. The summed E-state index contributed by atoms with van der Waals surface area (Å²) in [6.07, 6.45) is 1.71. The molecule has 0 radical (unpaired) electrons. The third kappa shape index (κ3) is 2.49. The molecular formula is C17H16N4O3. The van der Waals surface area contributed by atoms with Gasteiger partial charge in [-0.15, -0.1) is 5.10 Å². The molecule has 0 fully saturated rings. The van der Waals surface area contributed by atoms with Crippen molar-refractivity contribution in [2.75, 3.05) is 18.5 Å². The summed E-state index contributed by atoms with van der Waals surface area (Å²) in [6.45, 7) is -0.368. The molecule has 0 unspecified atom stereocenters. The topological polar surface area (TPSA) is 95.8 Å². The average Bonchev–Trinajstić information content (AvgIpc) is 3.22. The molecule has 7 heteroatoms. The second kappa shape index (κ2) is 5.95. The summed E-state index contributed by atoms with van der Waals surface area (Å²) in [5.41, 5.74) is 2.22. The highest BCUT2D eigenvalue weighted by Gasteiger charge is 2.13. The van der Waals surface area contributed by atoms with Gasteiger partial charge in [0.2, 0.25) is 0 Å². The number of rotatable bonds is 5. The third-order valence-electron chi connectivity index (χ3n) is 3.83. The van der Waals surface area contributed by atoms with E-state index >= 15 is 0 Å². The second-order valence-electron chi connectivity index (χ2n) is 5.49. The van der Waals surface area contributed by atoms with Crippen molar-refractivity contribution in [1.82, 2.24) is 14.6 Å². The highest BCUT2D eigenvalue weighted by atomic mass is 16.3. The number of nitrogens with zero attached hydrogens (tertiary/aromatic N) is 3. The highest BCUT2D eigenvalue weighted by molar-refractivity contribution is 5.82. The first kappa shape index (κ1) is 14.7. The maximum Gasteiger partial charge on any atom is 0.155 e. The fourth-order valence-corrected chi connectivity index (χ4v) is 2.58. The molecule has 0 saturated heterocycles. The number of aromatic nitrogens is 3. The van der Waals surface area contributed by atoms with Gasteiger partial charge in [-0.1, -0.05) is 18.2 Å². The van der Waals surface area contributed by atoms with Gasteiger partial charge in [0, 0.05) is 5.39 Å². The summed E-state index contributed by atoms with van der Waals surface area (Å²) in [5, 5.41) is 26.8. The van der Waals surface area contributed by atoms with Crippen LogP contribution in [0.2, 0.25) is 0 Å². The van der Waals surface area contributed by atoms with Crippen LogP contribution in [0, 0.1) is 0 Å². The van der Waals surface area contributed by atoms with Crippen LogP contribution < -0.4 is 5.32 Å². The minimum Gasteiger partial charge on any atom is -0.454 e. The van der Waals surface area contributed by atoms with Crippen molar-refractivity contribution in [3.05, 3.63) is 48.7 Å². The number of furan rings is 1. The Labute approximate surface area is 137 Å². The number of anilines is 1. The number of hydrogen-bond acceptors (Lipinski definition) is 6. The third-order valence-corrected chi connectivity index (χ3v) is 3.83. The van der Waals surface area contributed by atoms with Crippen molar-refractivity contribution in [1.29, 1.82) is 0 Å². The number of hydrogen-bond donors (Lipinski definition) is 3. The minimum atomic E-state index is -0.465. The van der Waals surface area contributed by atoms with Crippen molar-refractivity contribution in [2.24, 2.45) is 0 Å². The van der Waals surface area contributed by atoms with E-state index in [9.17, 15) is 10.2 Å². The summed E-state index contributed by atoms with van der Waals surface area (Å²) < 4.78 is 7.56. The molecule has 0 aliphatic rings. The predicted molar refractivity (Wildman–Crippen MR) is 89.8 cm³/mol. The minimum absolute atomic E-state index is 0.184. The largest absolute Gasteiger partial charge is 0.454 e. The molecule has 3 N–H and O–H groups in total. The van der Waals surface area contributed by atoms with E-state index in [4.69, 9.17) is 4.42 Å². The van der Waals surface area contributed by atoms with E-state index in [2.05, 4.69) is 15.4 Å². The van der Waals surface area contributed by atoms with Gasteiger partial charge in [-0.2, -0.15) is 0 Å². The molecule has 0 aliphatic heterocycles. The molecule has 24 heavy (non-hydrogen) atoms. The van der Waals surface area contributed by atoms with Gasteiger partial charge in [-0.05, 0) is 24.3 Å². The van der Waals surface area contributed by atoms with E-state index in [0.29, 0.717) is 17.2 Å². The van der Waals surface area contributed by atoms with Crippen LogP contribution >= 0.6 is 0 Å². The molecule has 0 amide bonds. The van der Waals surface area contributed by atoms with Crippen molar-refractivity contribution < 1.29 is 14.6 Å². The Hall–Kier alpha value is -2.90. The fourth-order valence-electron chi connectivity index (χ4n) is 2.58. The van der Waals surface area contributed by atoms with Gasteiger partial charge < -0.3 is 19.9 Å². The zero-order valence-electron chi connectivity index (χ0n) is 12.8. The molecule has 0 aliphatic carbocycles. The quantitative estimate of drug-likeness (QED) is 0.519. The van der Waals surface area contributed by atoms with Crippen LogP contribution in [0.25, 0.3) is 28.1 Å². The van der Waals surface area contributed by atoms with Crippen LogP contribution in [0.1, 0.15) is 0 Å². The molecule has 0 saturated carbocycles. The van der Waals surface area contributed by atoms with Gasteiger partial charge in [-0.3, -0.25) is 0 Å². The second-order valence-corrected chi connectivity index (χ2v) is 5.49. The maximum atomic E-state index is 9.19. The normalized spacial score (nSPS) is 11.6. The molecule has 0 bridgehead atoms. The zero-order valence-corrected chi connectivity index (χ0v) is 12.8. The lowest BCUT2D eigenvalue weighted by Crippen LogP contribution is -2.28. The Morgan fingerprint density at radius 2 is 1.96 bits per heavy atom. The van der Waals surface area contributed by atoms with Crippen LogP contribution in [-0.2, 0) is 0 Å². The molecule has 0 spiro atoms. The molecule has 4 rings (SSSR count). The van der Waals surface area contributed by atoms with E-state index in [-0.39, 0.29) is 13.2 Å². The molecule has 3 heterocycles. The summed E-state index contributed by atoms with van der Waals surface area (Å²) in [7, 11) is 0. The number of nitrogens with one attached hydrogen (secondary N) is 1. The molecule has 7 nitrogen and oxygen atoms in total. The Kier molecular flexibility index (Phi) is 3.64. The van der Waals surface area contributed by atoms with Crippen LogP contribution in [0.15, 0.2) is 53.1 Å². The van der Waals surface area contributed by atoms with E-state index in [1.54, 1.807) is 16.8 Å². The summed E-state index contributed by atoms with van der Waals surface area (Å²) in [4.78, 5) is 4.34. The Morgan fingerprint density at radius 3 is 2.75 bits per heavy atom. The lowest BCUT2D eigenvalue weighted by molar-refractivity contribution is 0.203. The van der Waals surface area contributed by atoms with Gasteiger partial charge in [-0.25, -0.2) is 9.50 Å². The molecule has 122 valence electrons. The number of imidazole rings is 1. The smallest absolute Gasteiger partial charge is 0.155 e. The van der Waals surface area contributed by atoms with Gasteiger partial charge >= 0.3 is 0 Å². The maximum absolute atomic E-state index is 9.19. The predicted octanol–water partition coefficient (Wildman–Crippen LogP) is 1.91. The van der Waals surface area contributed by atoms with Crippen molar-refractivity contribution in [2.45, 2.75) is 6.04 Å². The first-order valence-electron chi connectivity index (χ1n) is 7.60. The van der Waals surface area contributed by atoms with Crippen LogP contribution in [0.5, 0.6) is 0 Å². The van der Waals surface area contributed by atoms with Crippen LogP contribution in [-0.4, -0.2) is 44.1 Å². The Balaban J connectivity index is 1.77. The first-order chi connectivity index (χ1) is 11.8. The van der Waals surface area contributed by atoms with Gasteiger partial charge in [0.05, 0.1) is 25.5 Å². The highest BCUT2D eigenvalue weighted by Crippen LogP contribution is 2.28. The Bertz CT molecular complexity index is 955. The average molecular weight is 324 g/mol. The van der Waals surface area contributed by atoms with Crippen LogP contribution in [0.4, 0.5) is 5.82 Å². The van der Waals surface area contributed by atoms with Crippen molar-refractivity contribution in [3.63, 3.8) is 0 Å². The van der Waals surface area contributed by atoms with Crippen molar-refractivity contribution in [3.8, 4) is 11.5 Å². The fraction of sp³-hybridized carbons (Fsp3) is 0.176. The summed E-state index contributed by atoms with van der Waals surface area (Å²) in [6, 6.07) is 12.8. The number of aliphatic hydroxyl groups is 2. The van der Waals surface area contributed by atoms with Gasteiger partial charge in [0.15, 0.2) is 11.4 Å². The van der Waals surface area contributed by atoms with Gasteiger partial charge in [0.25, 0.3) is 0 Å². The monoisotopic (exact) mass is 324 g/mol. The van der Waals surface area contributed by atoms with E-state index in [0.717, 1.165) is 16.7 Å². The summed E-state index contributed by atoms with van der Waals surface area (Å²) in [5.74, 6) is 1.21. The SMILES string of the molecule is OCC(CO)Nc1ccc2ncc(-c3cc4ccccc4o3)n2n1. The molecule has 0 atom stereocenters. The molecule has 1 aromatic carbocycles. The number of aliphatic hydroxyl groups excluding tert-OH is 2. The Morgan fingerprint density at radius 1 is 1.12 bits per heavy atom. The van der Waals surface area contributed by atoms with E-state index in [1.807, 2.05) is 36.4 Å². The first-order valence-corrected chi connectivity index (χ1v) is 7.60. The standard InChI is InChI=1S/C17H16N4O3/c22-9-12(10-23)19-16-5-6-17-18-8-13(21(17)20-16)15-7-11-3-1-2-4-14(11)24-15/h1-8,12,22-23H,9-10H2,(H,19,20). The number of benzene rings is 1. The molecule has 4 aromatic rings. The lowest BCUT2D eigenvalue weighted by atomic mass is 10.2. The van der Waals surface area contributed by atoms with E-state index < -0.39 is 6.04 Å². The number of fused-ring (bicyclic) bond motifs is 2. The van der Waals surface area contributed by atoms with Crippen molar-refractivity contribution >= 4 is 22.4 Å². The molecular weight excluding hydrogens is 308 g/mol. The van der Waals surface area contributed by atoms with Crippen LogP contribution in [0.3, 0.4) is 0 Å². The molecule has 3 aromatic heterocycles. The van der Waals surface area contributed by atoms with E-state index in [1.165, 1.54) is 0 Å². The zero-order chi connectivity index (χ0) is 16.5. The number of para-hydroxylation sites is 1.